The van der Waals surface area contributed by atoms with Gasteiger partial charge in [0.25, 0.3) is 5.91 Å². The first kappa shape index (κ1) is 21.3. The molecule has 4 nitrogen and oxygen atoms in total. The number of nitrogens with zero attached hydrogens (tertiary/aromatic N) is 1. The molecule has 166 valence electrons. The highest BCUT2D eigenvalue weighted by atomic mass is 19.1. The van der Waals surface area contributed by atoms with Crippen LogP contribution < -0.4 is 4.90 Å². The second-order valence-corrected chi connectivity index (χ2v) is 8.04. The molecule has 34 heavy (non-hydrogen) atoms. The maximum absolute atomic E-state index is 13.9. The Kier molecular flexibility index (Phi) is 5.52. The highest BCUT2D eigenvalue weighted by Crippen LogP contribution is 2.43. The third-order valence-corrected chi connectivity index (χ3v) is 5.88. The second kappa shape index (κ2) is 8.79. The van der Waals surface area contributed by atoms with E-state index in [9.17, 15) is 19.1 Å². The number of carboxylic acids is 1. The summed E-state index contributed by atoms with van der Waals surface area (Å²) in [6.45, 7) is 0.228. The summed E-state index contributed by atoms with van der Waals surface area (Å²) in [5.74, 6) is -1.55. The van der Waals surface area contributed by atoms with E-state index in [1.54, 1.807) is 29.2 Å². The smallest absolute Gasteiger partial charge is 0.335 e. The molecule has 1 N–H and O–H groups in total. The van der Waals surface area contributed by atoms with Gasteiger partial charge in [-0.05, 0) is 47.0 Å². The van der Waals surface area contributed by atoms with Crippen molar-refractivity contribution in [3.05, 3.63) is 137 Å². The van der Waals surface area contributed by atoms with Crippen LogP contribution in [-0.2, 0) is 11.3 Å². The molecule has 0 fully saturated rings. The predicted octanol–water partition coefficient (Wildman–Crippen LogP) is 6.03. The normalized spacial score (nSPS) is 14.1. The van der Waals surface area contributed by atoms with Crippen LogP contribution in [0.25, 0.3) is 11.1 Å². The van der Waals surface area contributed by atoms with Gasteiger partial charge in [0.05, 0.1) is 23.4 Å². The second-order valence-electron chi connectivity index (χ2n) is 8.04. The van der Waals surface area contributed by atoms with Gasteiger partial charge in [0.15, 0.2) is 0 Å². The zero-order chi connectivity index (χ0) is 23.7. The Morgan fingerprint density at radius 3 is 2.15 bits per heavy atom. The highest BCUT2D eigenvalue weighted by molar-refractivity contribution is 6.38. The van der Waals surface area contributed by atoms with Crippen molar-refractivity contribution in [2.75, 3.05) is 4.90 Å². The lowest BCUT2D eigenvalue weighted by Crippen LogP contribution is -2.26. The number of anilines is 1. The molecule has 0 atom stereocenters. The van der Waals surface area contributed by atoms with E-state index in [0.717, 1.165) is 28.0 Å². The maximum Gasteiger partial charge on any atom is 0.335 e. The van der Waals surface area contributed by atoms with Gasteiger partial charge in [-0.25, -0.2) is 9.18 Å². The molecule has 0 spiro atoms. The van der Waals surface area contributed by atoms with Crippen LogP contribution in [0.1, 0.15) is 32.6 Å². The average molecular weight is 449 g/mol. The van der Waals surface area contributed by atoms with Gasteiger partial charge in [-0.15, -0.1) is 0 Å². The molecule has 0 bridgehead atoms. The fourth-order valence-corrected chi connectivity index (χ4v) is 4.34. The molecule has 1 amide bonds. The van der Waals surface area contributed by atoms with Crippen LogP contribution in [0.2, 0.25) is 0 Å². The number of halogens is 1. The van der Waals surface area contributed by atoms with E-state index in [2.05, 4.69) is 0 Å². The van der Waals surface area contributed by atoms with E-state index in [0.29, 0.717) is 11.1 Å². The van der Waals surface area contributed by atoms with Gasteiger partial charge in [-0.1, -0.05) is 72.8 Å². The van der Waals surface area contributed by atoms with Gasteiger partial charge < -0.3 is 10.0 Å². The summed E-state index contributed by atoms with van der Waals surface area (Å²) in [4.78, 5) is 27.0. The lowest BCUT2D eigenvalue weighted by atomic mass is 9.90. The largest absolute Gasteiger partial charge is 0.478 e. The van der Waals surface area contributed by atoms with Gasteiger partial charge in [0.1, 0.15) is 5.82 Å². The van der Waals surface area contributed by atoms with Crippen LogP contribution >= 0.6 is 0 Å². The number of aromatic carboxylic acids is 1. The standard InChI is InChI=1S/C29H20FNO3/c30-23-15-13-21(14-16-23)26(20-8-2-1-3-9-20)27-24-11-4-5-12-25(24)31(28(27)32)18-19-7-6-10-22(17-19)29(33)34/h1-17H,18H2,(H,33,34)/b27-26+. The molecule has 0 saturated carbocycles. The van der Waals surface area contributed by atoms with Crippen LogP contribution in [0.15, 0.2) is 103 Å². The topological polar surface area (TPSA) is 57.6 Å². The fraction of sp³-hybridized carbons (Fsp3) is 0.0345. The molecule has 0 aromatic heterocycles. The quantitative estimate of drug-likeness (QED) is 0.379. The Morgan fingerprint density at radius 2 is 1.41 bits per heavy atom. The minimum absolute atomic E-state index is 0.171. The van der Waals surface area contributed by atoms with Crippen LogP contribution in [0.3, 0.4) is 0 Å². The Balaban J connectivity index is 1.69. The summed E-state index contributed by atoms with van der Waals surface area (Å²) in [6.07, 6.45) is 0. The lowest BCUT2D eigenvalue weighted by molar-refractivity contribution is -0.113. The summed E-state index contributed by atoms with van der Waals surface area (Å²) in [7, 11) is 0. The third kappa shape index (κ3) is 3.88. The summed E-state index contributed by atoms with van der Waals surface area (Å²) < 4.78 is 13.7. The fourth-order valence-electron chi connectivity index (χ4n) is 4.34. The van der Waals surface area contributed by atoms with Crippen molar-refractivity contribution in [1.82, 2.24) is 0 Å². The van der Waals surface area contributed by atoms with Gasteiger partial charge in [-0.2, -0.15) is 0 Å². The zero-order valence-corrected chi connectivity index (χ0v) is 18.1. The number of carbonyl (C=O) groups excluding carboxylic acids is 1. The molecule has 5 rings (SSSR count). The number of carboxylic acid groups (broad SMARTS) is 1. The number of hydrogen-bond acceptors (Lipinski definition) is 2. The van der Waals surface area contributed by atoms with Crippen molar-refractivity contribution in [2.45, 2.75) is 6.54 Å². The first-order chi connectivity index (χ1) is 16.5. The molecule has 1 heterocycles. The van der Waals surface area contributed by atoms with E-state index in [-0.39, 0.29) is 23.8 Å². The third-order valence-electron chi connectivity index (χ3n) is 5.88. The molecule has 0 saturated heterocycles. The molecular weight excluding hydrogens is 429 g/mol. The molecule has 0 unspecified atom stereocenters. The molecule has 1 aliphatic heterocycles. The maximum atomic E-state index is 13.9. The Bertz CT molecular complexity index is 1430. The van der Waals surface area contributed by atoms with E-state index in [1.807, 2.05) is 60.7 Å². The van der Waals surface area contributed by atoms with Gasteiger partial charge in [0.2, 0.25) is 0 Å². The lowest BCUT2D eigenvalue weighted by Gasteiger charge is -2.18. The van der Waals surface area contributed by atoms with E-state index in [4.69, 9.17) is 0 Å². The Morgan fingerprint density at radius 1 is 0.765 bits per heavy atom. The Labute approximate surface area is 196 Å². The molecule has 4 aromatic rings. The molecule has 0 radical (unpaired) electrons. The summed E-state index contributed by atoms with van der Waals surface area (Å²) in [5.41, 5.74) is 5.26. The predicted molar refractivity (Wildman–Crippen MR) is 130 cm³/mol. The van der Waals surface area contributed by atoms with Crippen molar-refractivity contribution in [1.29, 1.82) is 0 Å². The van der Waals surface area contributed by atoms with Gasteiger partial charge in [-0.3, -0.25) is 4.79 Å². The number of carbonyl (C=O) groups is 2. The highest BCUT2D eigenvalue weighted by Gasteiger charge is 2.35. The monoisotopic (exact) mass is 449 g/mol. The summed E-state index contributed by atoms with van der Waals surface area (Å²) in [5, 5.41) is 9.35. The van der Waals surface area contributed by atoms with Crippen molar-refractivity contribution in [2.24, 2.45) is 0 Å². The molecule has 0 aliphatic carbocycles. The van der Waals surface area contributed by atoms with Crippen molar-refractivity contribution < 1.29 is 19.1 Å². The van der Waals surface area contributed by atoms with Crippen LogP contribution in [0, 0.1) is 5.82 Å². The minimum Gasteiger partial charge on any atom is -0.478 e. The number of rotatable bonds is 5. The number of amides is 1. The SMILES string of the molecule is O=C(O)c1cccc(CN2C(=O)/C(=C(\c3ccccc3)c3ccc(F)cc3)c3ccccc32)c1. The van der Waals surface area contributed by atoms with Gasteiger partial charge >= 0.3 is 5.97 Å². The Hall–Kier alpha value is -4.51. The molecular formula is C29H20FNO3. The van der Waals surface area contributed by atoms with E-state index < -0.39 is 5.97 Å². The van der Waals surface area contributed by atoms with Gasteiger partial charge in [0, 0.05) is 11.1 Å². The minimum atomic E-state index is -1.02. The molecule has 4 aromatic carbocycles. The summed E-state index contributed by atoms with van der Waals surface area (Å²) in [6, 6.07) is 29.8. The van der Waals surface area contributed by atoms with Crippen molar-refractivity contribution in [3.63, 3.8) is 0 Å². The average Bonchev–Trinajstić information content (AvgIpc) is 3.13. The van der Waals surface area contributed by atoms with Crippen LogP contribution in [0.4, 0.5) is 10.1 Å². The number of fused-ring (bicyclic) bond motifs is 1. The van der Waals surface area contributed by atoms with Crippen LogP contribution in [-0.4, -0.2) is 17.0 Å². The summed E-state index contributed by atoms with van der Waals surface area (Å²) >= 11 is 0. The number of hydrogen-bond donors (Lipinski definition) is 1. The molecule has 1 aliphatic rings. The number of benzene rings is 4. The van der Waals surface area contributed by atoms with Crippen LogP contribution in [0.5, 0.6) is 0 Å². The molecule has 5 heteroatoms. The first-order valence-corrected chi connectivity index (χ1v) is 10.8. The van der Waals surface area contributed by atoms with E-state index in [1.165, 1.54) is 18.2 Å². The van der Waals surface area contributed by atoms with Crippen molar-refractivity contribution in [3.8, 4) is 0 Å². The first-order valence-electron chi connectivity index (χ1n) is 10.8. The zero-order valence-electron chi connectivity index (χ0n) is 18.1. The van der Waals surface area contributed by atoms with E-state index >= 15 is 0 Å². The van der Waals surface area contributed by atoms with Crippen molar-refractivity contribution >= 4 is 28.7 Å². The number of para-hydroxylation sites is 1.